The van der Waals surface area contributed by atoms with E-state index in [4.69, 9.17) is 18.9 Å². The highest BCUT2D eigenvalue weighted by molar-refractivity contribution is 5.75. The van der Waals surface area contributed by atoms with Crippen molar-refractivity contribution in [3.05, 3.63) is 168 Å². The number of epoxide rings is 1. The molecule has 2 heterocycles. The van der Waals surface area contributed by atoms with E-state index < -0.39 is 5.41 Å². The van der Waals surface area contributed by atoms with Gasteiger partial charge in [0.2, 0.25) is 6.29 Å². The molecule has 3 unspecified atom stereocenters. The highest BCUT2D eigenvalue weighted by atomic mass is 16.7. The molecule has 4 nitrogen and oxygen atoms in total. The minimum Gasteiger partial charge on any atom is -0.490 e. The van der Waals surface area contributed by atoms with Crippen molar-refractivity contribution in [2.45, 2.75) is 31.2 Å². The molecule has 0 saturated carbocycles. The zero-order chi connectivity index (χ0) is 32.3. The molecule has 0 radical (unpaired) electrons. The number of ether oxygens (including phenoxy) is 4. The SMILES string of the molecule is CC(c1ccc(-c2ccccc2)cc1)(c1ccc(OCC2CO2)c(-c2ccccc2)c1)c1ccc(OC2CCO2)c(-c2ccccc2)c1. The van der Waals surface area contributed by atoms with E-state index in [-0.39, 0.29) is 12.4 Å². The molecule has 6 aromatic rings. The summed E-state index contributed by atoms with van der Waals surface area (Å²) < 4.78 is 23.9. The van der Waals surface area contributed by atoms with E-state index in [0.29, 0.717) is 6.61 Å². The van der Waals surface area contributed by atoms with Crippen LogP contribution in [0.4, 0.5) is 0 Å². The quantitative estimate of drug-likeness (QED) is 0.106. The van der Waals surface area contributed by atoms with Crippen molar-refractivity contribution in [3.8, 4) is 44.9 Å². The summed E-state index contributed by atoms with van der Waals surface area (Å²) in [6.07, 6.45) is 0.854. The molecule has 48 heavy (non-hydrogen) atoms. The first-order valence-corrected chi connectivity index (χ1v) is 16.7. The fourth-order valence-electron chi connectivity index (χ4n) is 6.52. The minimum atomic E-state index is -0.522. The van der Waals surface area contributed by atoms with Gasteiger partial charge in [0, 0.05) is 23.0 Å². The first-order chi connectivity index (χ1) is 23.6. The predicted molar refractivity (Wildman–Crippen MR) is 191 cm³/mol. The third kappa shape index (κ3) is 6.13. The lowest BCUT2D eigenvalue weighted by Gasteiger charge is -2.34. The van der Waals surface area contributed by atoms with Crippen LogP contribution < -0.4 is 9.47 Å². The molecule has 3 atom stereocenters. The zero-order valence-corrected chi connectivity index (χ0v) is 27.0. The summed E-state index contributed by atoms with van der Waals surface area (Å²) in [5.74, 6) is 1.68. The fourth-order valence-corrected chi connectivity index (χ4v) is 6.52. The topological polar surface area (TPSA) is 40.2 Å². The molecule has 2 saturated heterocycles. The molecular formula is C44H38O4. The Balaban J connectivity index is 1.29. The van der Waals surface area contributed by atoms with E-state index in [1.807, 2.05) is 12.1 Å². The third-order valence-corrected chi connectivity index (χ3v) is 9.60. The number of hydrogen-bond acceptors (Lipinski definition) is 4. The monoisotopic (exact) mass is 630 g/mol. The average Bonchev–Trinajstić information content (AvgIpc) is 3.98. The molecule has 6 aromatic carbocycles. The van der Waals surface area contributed by atoms with Gasteiger partial charge < -0.3 is 18.9 Å². The Kier molecular flexibility index (Phi) is 8.27. The summed E-state index contributed by atoms with van der Waals surface area (Å²) in [7, 11) is 0. The van der Waals surface area contributed by atoms with Gasteiger partial charge in [-0.1, -0.05) is 127 Å². The van der Waals surface area contributed by atoms with E-state index in [1.165, 1.54) is 22.3 Å². The number of rotatable bonds is 11. The Morgan fingerprint density at radius 3 is 1.56 bits per heavy atom. The van der Waals surface area contributed by atoms with Crippen LogP contribution in [0.25, 0.3) is 33.4 Å². The normalized spacial score (nSPS) is 17.9. The van der Waals surface area contributed by atoms with Gasteiger partial charge in [0.15, 0.2) is 0 Å². The molecule has 238 valence electrons. The molecule has 0 aliphatic carbocycles. The zero-order valence-electron chi connectivity index (χ0n) is 27.0. The first-order valence-electron chi connectivity index (χ1n) is 16.7. The van der Waals surface area contributed by atoms with Gasteiger partial charge in [-0.05, 0) is 70.1 Å². The van der Waals surface area contributed by atoms with Crippen LogP contribution >= 0.6 is 0 Å². The van der Waals surface area contributed by atoms with Crippen molar-refractivity contribution >= 4 is 0 Å². The maximum absolute atomic E-state index is 6.37. The second-order valence-electron chi connectivity index (χ2n) is 12.7. The van der Waals surface area contributed by atoms with Crippen molar-refractivity contribution in [1.29, 1.82) is 0 Å². The molecule has 2 aliphatic heterocycles. The maximum Gasteiger partial charge on any atom is 0.202 e. The summed E-state index contributed by atoms with van der Waals surface area (Å²) in [6.45, 7) is 4.36. The van der Waals surface area contributed by atoms with E-state index in [2.05, 4.69) is 146 Å². The second-order valence-corrected chi connectivity index (χ2v) is 12.7. The highest BCUT2D eigenvalue weighted by Crippen LogP contribution is 2.45. The Labute approximate surface area is 282 Å². The van der Waals surface area contributed by atoms with Crippen LogP contribution in [-0.2, 0) is 14.9 Å². The Bertz CT molecular complexity index is 1980. The van der Waals surface area contributed by atoms with Crippen LogP contribution in [0.2, 0.25) is 0 Å². The first kappa shape index (κ1) is 30.2. The average molecular weight is 631 g/mol. The minimum absolute atomic E-state index is 0.171. The van der Waals surface area contributed by atoms with E-state index in [1.54, 1.807) is 0 Å². The Morgan fingerprint density at radius 2 is 1.04 bits per heavy atom. The molecule has 0 bridgehead atoms. The number of hydrogen-bond donors (Lipinski definition) is 0. The molecular weight excluding hydrogens is 592 g/mol. The maximum atomic E-state index is 6.37. The molecule has 8 rings (SSSR count). The summed E-state index contributed by atoms with van der Waals surface area (Å²) in [5, 5.41) is 0. The lowest BCUT2D eigenvalue weighted by Crippen LogP contribution is -2.32. The van der Waals surface area contributed by atoms with Crippen molar-refractivity contribution in [3.63, 3.8) is 0 Å². The molecule has 0 N–H and O–H groups in total. The van der Waals surface area contributed by atoms with Crippen LogP contribution in [0.3, 0.4) is 0 Å². The van der Waals surface area contributed by atoms with Gasteiger partial charge in [0.05, 0.1) is 13.2 Å². The number of benzene rings is 6. The van der Waals surface area contributed by atoms with Gasteiger partial charge in [0.1, 0.15) is 24.2 Å². The van der Waals surface area contributed by atoms with Crippen LogP contribution in [0, 0.1) is 0 Å². The second kappa shape index (κ2) is 13.2. The third-order valence-electron chi connectivity index (χ3n) is 9.60. The van der Waals surface area contributed by atoms with Gasteiger partial charge in [-0.25, -0.2) is 0 Å². The predicted octanol–water partition coefficient (Wildman–Crippen LogP) is 9.94. The van der Waals surface area contributed by atoms with E-state index in [9.17, 15) is 0 Å². The Morgan fingerprint density at radius 1 is 0.562 bits per heavy atom. The van der Waals surface area contributed by atoms with Crippen LogP contribution in [0.15, 0.2) is 152 Å². The summed E-state index contributed by atoms with van der Waals surface area (Å²) >= 11 is 0. The highest BCUT2D eigenvalue weighted by Gasteiger charge is 2.34. The van der Waals surface area contributed by atoms with Crippen LogP contribution in [-0.4, -0.2) is 32.2 Å². The standard InChI is InChI=1S/C44H38O4/c1-44(35-19-17-32(18-20-35)31-11-5-2-6-12-31,36-21-23-41(47-30-38-29-46-38)39(27-36)33-13-7-3-8-14-33)37-22-24-42(48-43-25-26-45-43)40(28-37)34-15-9-4-10-16-34/h2-24,27-28,38,43H,25-26,29-30H2,1H3. The Hall–Kier alpha value is -5.16. The van der Waals surface area contributed by atoms with Crippen LogP contribution in [0.5, 0.6) is 11.5 Å². The lowest BCUT2D eigenvalue weighted by atomic mass is 9.70. The largest absolute Gasteiger partial charge is 0.490 e. The van der Waals surface area contributed by atoms with Gasteiger partial charge in [-0.3, -0.25) is 0 Å². The van der Waals surface area contributed by atoms with Gasteiger partial charge in [0.25, 0.3) is 0 Å². The summed E-state index contributed by atoms with van der Waals surface area (Å²) in [6, 6.07) is 53.8. The van der Waals surface area contributed by atoms with E-state index in [0.717, 1.165) is 59.0 Å². The van der Waals surface area contributed by atoms with Crippen molar-refractivity contribution < 1.29 is 18.9 Å². The molecule has 0 aromatic heterocycles. The van der Waals surface area contributed by atoms with Crippen molar-refractivity contribution in [2.75, 3.05) is 19.8 Å². The van der Waals surface area contributed by atoms with E-state index >= 15 is 0 Å². The molecule has 2 aliphatic rings. The fraction of sp³-hybridized carbons (Fsp3) is 0.182. The molecule has 0 amide bonds. The van der Waals surface area contributed by atoms with Gasteiger partial charge in [-0.15, -0.1) is 0 Å². The van der Waals surface area contributed by atoms with Gasteiger partial charge >= 0.3 is 0 Å². The summed E-state index contributed by atoms with van der Waals surface area (Å²) in [5.41, 5.74) is 9.70. The van der Waals surface area contributed by atoms with Crippen molar-refractivity contribution in [1.82, 2.24) is 0 Å². The van der Waals surface area contributed by atoms with Gasteiger partial charge in [-0.2, -0.15) is 0 Å². The molecule has 0 spiro atoms. The molecule has 2 fully saturated rings. The van der Waals surface area contributed by atoms with Crippen molar-refractivity contribution in [2.24, 2.45) is 0 Å². The summed E-state index contributed by atoms with van der Waals surface area (Å²) in [4.78, 5) is 0. The smallest absolute Gasteiger partial charge is 0.202 e. The van der Waals surface area contributed by atoms with Crippen LogP contribution in [0.1, 0.15) is 30.0 Å². The lowest BCUT2D eigenvalue weighted by molar-refractivity contribution is -0.165. The molecule has 4 heteroatoms.